The van der Waals surface area contributed by atoms with Gasteiger partial charge in [0, 0.05) is 0 Å². The molecular formula is C16H26. The average Bonchev–Trinajstić information content (AvgIpc) is 2.14. The first-order valence-corrected chi connectivity index (χ1v) is 6.55. The van der Waals surface area contributed by atoms with Crippen molar-refractivity contribution in [2.45, 2.75) is 60.3 Å². The van der Waals surface area contributed by atoms with E-state index in [1.807, 2.05) is 0 Å². The number of aryl methyl sites for hydroxylation is 3. The molecule has 0 aliphatic rings. The van der Waals surface area contributed by atoms with Crippen LogP contribution in [-0.4, -0.2) is 0 Å². The maximum absolute atomic E-state index is 2.35. The molecule has 1 rings (SSSR count). The summed E-state index contributed by atoms with van der Waals surface area (Å²) in [6, 6.07) is 4.65. The Morgan fingerprint density at radius 3 is 1.88 bits per heavy atom. The second-order valence-electron chi connectivity index (χ2n) is 5.45. The van der Waals surface area contributed by atoms with E-state index in [1.54, 1.807) is 5.56 Å². The molecule has 0 nitrogen and oxygen atoms in total. The summed E-state index contributed by atoms with van der Waals surface area (Å²) in [4.78, 5) is 0. The Bertz CT molecular complexity index is 324. The van der Waals surface area contributed by atoms with E-state index in [0.29, 0.717) is 0 Å². The quantitative estimate of drug-likeness (QED) is 0.655. The van der Waals surface area contributed by atoms with Gasteiger partial charge in [0.2, 0.25) is 0 Å². The molecule has 90 valence electrons. The van der Waals surface area contributed by atoms with Crippen molar-refractivity contribution in [1.82, 2.24) is 0 Å². The van der Waals surface area contributed by atoms with Gasteiger partial charge in [-0.05, 0) is 55.7 Å². The van der Waals surface area contributed by atoms with Crippen LogP contribution in [-0.2, 0) is 0 Å². The molecule has 16 heavy (non-hydrogen) atoms. The monoisotopic (exact) mass is 218 g/mol. The zero-order valence-electron chi connectivity index (χ0n) is 11.7. The predicted molar refractivity (Wildman–Crippen MR) is 73.1 cm³/mol. The Hall–Kier alpha value is -0.780. The Labute approximate surface area is 101 Å². The molecule has 1 unspecified atom stereocenters. The van der Waals surface area contributed by atoms with Gasteiger partial charge in [0.1, 0.15) is 0 Å². The first-order valence-electron chi connectivity index (χ1n) is 6.55. The van der Waals surface area contributed by atoms with Crippen LogP contribution in [0.2, 0.25) is 0 Å². The highest BCUT2D eigenvalue weighted by molar-refractivity contribution is 5.40. The van der Waals surface area contributed by atoms with Gasteiger partial charge in [0.15, 0.2) is 0 Å². The molecule has 0 amide bonds. The standard InChI is InChI=1S/C16H26/c1-7-8-15(11(2)3)16-13(5)9-12(4)10-14(16)6/h9-11,15H,7-8H2,1-6H3. The van der Waals surface area contributed by atoms with Crippen molar-refractivity contribution in [2.75, 3.05) is 0 Å². The minimum atomic E-state index is 0.727. The number of hydrogen-bond acceptors (Lipinski definition) is 0. The smallest absolute Gasteiger partial charge is 0.0134 e. The molecule has 0 aliphatic carbocycles. The van der Waals surface area contributed by atoms with Gasteiger partial charge in [0.05, 0.1) is 0 Å². The number of rotatable bonds is 4. The lowest BCUT2D eigenvalue weighted by atomic mass is 9.80. The van der Waals surface area contributed by atoms with Crippen molar-refractivity contribution < 1.29 is 0 Å². The van der Waals surface area contributed by atoms with Gasteiger partial charge in [-0.25, -0.2) is 0 Å². The van der Waals surface area contributed by atoms with Gasteiger partial charge < -0.3 is 0 Å². The van der Waals surface area contributed by atoms with Crippen LogP contribution in [0.25, 0.3) is 0 Å². The summed E-state index contributed by atoms with van der Waals surface area (Å²) in [6.45, 7) is 13.7. The van der Waals surface area contributed by atoms with E-state index in [4.69, 9.17) is 0 Å². The lowest BCUT2D eigenvalue weighted by Crippen LogP contribution is -2.10. The Morgan fingerprint density at radius 2 is 1.50 bits per heavy atom. The third kappa shape index (κ3) is 2.87. The first kappa shape index (κ1) is 13.3. The summed E-state index contributed by atoms with van der Waals surface area (Å²) in [5.41, 5.74) is 5.94. The van der Waals surface area contributed by atoms with Crippen LogP contribution in [0.5, 0.6) is 0 Å². The fraction of sp³-hybridized carbons (Fsp3) is 0.625. The van der Waals surface area contributed by atoms with Crippen molar-refractivity contribution in [3.63, 3.8) is 0 Å². The second-order valence-corrected chi connectivity index (χ2v) is 5.45. The zero-order valence-corrected chi connectivity index (χ0v) is 11.7. The Balaban J connectivity index is 3.18. The van der Waals surface area contributed by atoms with Crippen LogP contribution >= 0.6 is 0 Å². The van der Waals surface area contributed by atoms with Gasteiger partial charge >= 0.3 is 0 Å². The Kier molecular flexibility index (Phi) is 4.58. The van der Waals surface area contributed by atoms with Gasteiger partial charge in [0.25, 0.3) is 0 Å². The average molecular weight is 218 g/mol. The van der Waals surface area contributed by atoms with E-state index >= 15 is 0 Å². The Morgan fingerprint density at radius 1 is 1.00 bits per heavy atom. The molecule has 0 bridgehead atoms. The molecule has 0 radical (unpaired) electrons. The fourth-order valence-corrected chi connectivity index (χ4v) is 2.90. The molecular weight excluding hydrogens is 192 g/mol. The third-order valence-electron chi connectivity index (χ3n) is 3.51. The van der Waals surface area contributed by atoms with Crippen molar-refractivity contribution in [3.8, 4) is 0 Å². The predicted octanol–water partition coefficient (Wildman–Crippen LogP) is 5.15. The second kappa shape index (κ2) is 5.52. The lowest BCUT2D eigenvalue weighted by molar-refractivity contribution is 0.460. The fourth-order valence-electron chi connectivity index (χ4n) is 2.90. The minimum Gasteiger partial charge on any atom is -0.0654 e. The molecule has 0 heterocycles. The molecule has 0 heteroatoms. The van der Waals surface area contributed by atoms with E-state index in [-0.39, 0.29) is 0 Å². The van der Waals surface area contributed by atoms with E-state index in [2.05, 4.69) is 53.7 Å². The number of benzene rings is 1. The van der Waals surface area contributed by atoms with Gasteiger partial charge in [-0.1, -0.05) is 44.9 Å². The molecule has 1 aromatic rings. The SMILES string of the molecule is CCCC(c1c(C)cc(C)cc1C)C(C)C. The van der Waals surface area contributed by atoms with Crippen LogP contribution < -0.4 is 0 Å². The van der Waals surface area contributed by atoms with Crippen molar-refractivity contribution in [1.29, 1.82) is 0 Å². The molecule has 0 saturated heterocycles. The van der Waals surface area contributed by atoms with Gasteiger partial charge in [-0.3, -0.25) is 0 Å². The third-order valence-corrected chi connectivity index (χ3v) is 3.51. The summed E-state index contributed by atoms with van der Waals surface area (Å²) in [5.74, 6) is 1.46. The highest BCUT2D eigenvalue weighted by Gasteiger charge is 2.18. The largest absolute Gasteiger partial charge is 0.0654 e. The molecule has 0 aromatic heterocycles. The molecule has 0 N–H and O–H groups in total. The normalized spacial score (nSPS) is 13.2. The maximum Gasteiger partial charge on any atom is -0.0134 e. The van der Waals surface area contributed by atoms with Crippen molar-refractivity contribution in [3.05, 3.63) is 34.4 Å². The highest BCUT2D eigenvalue weighted by atomic mass is 14.2. The molecule has 0 saturated carbocycles. The van der Waals surface area contributed by atoms with E-state index in [1.165, 1.54) is 29.5 Å². The van der Waals surface area contributed by atoms with E-state index in [0.717, 1.165) is 11.8 Å². The van der Waals surface area contributed by atoms with Crippen molar-refractivity contribution >= 4 is 0 Å². The summed E-state index contributed by atoms with van der Waals surface area (Å²) >= 11 is 0. The molecule has 0 fully saturated rings. The maximum atomic E-state index is 2.35. The number of hydrogen-bond donors (Lipinski definition) is 0. The molecule has 1 atom stereocenters. The van der Waals surface area contributed by atoms with Crippen LogP contribution in [0.4, 0.5) is 0 Å². The van der Waals surface area contributed by atoms with E-state index in [9.17, 15) is 0 Å². The highest BCUT2D eigenvalue weighted by Crippen LogP contribution is 2.34. The molecule has 1 aromatic carbocycles. The first-order chi connectivity index (χ1) is 7.47. The lowest BCUT2D eigenvalue weighted by Gasteiger charge is -2.25. The summed E-state index contributed by atoms with van der Waals surface area (Å²) in [5, 5.41) is 0. The molecule has 0 aliphatic heterocycles. The van der Waals surface area contributed by atoms with Crippen LogP contribution in [0.3, 0.4) is 0 Å². The van der Waals surface area contributed by atoms with Crippen molar-refractivity contribution in [2.24, 2.45) is 5.92 Å². The summed E-state index contributed by atoms with van der Waals surface area (Å²) < 4.78 is 0. The van der Waals surface area contributed by atoms with E-state index < -0.39 is 0 Å². The topological polar surface area (TPSA) is 0 Å². The van der Waals surface area contributed by atoms with Gasteiger partial charge in [-0.15, -0.1) is 0 Å². The van der Waals surface area contributed by atoms with Crippen LogP contribution in [0.15, 0.2) is 12.1 Å². The zero-order chi connectivity index (χ0) is 12.3. The van der Waals surface area contributed by atoms with Crippen LogP contribution in [0.1, 0.15) is 61.8 Å². The molecule has 0 spiro atoms. The summed E-state index contributed by atoms with van der Waals surface area (Å²) in [6.07, 6.45) is 2.58. The van der Waals surface area contributed by atoms with Gasteiger partial charge in [-0.2, -0.15) is 0 Å². The summed E-state index contributed by atoms with van der Waals surface area (Å²) in [7, 11) is 0. The van der Waals surface area contributed by atoms with Crippen LogP contribution in [0, 0.1) is 26.7 Å². The minimum absolute atomic E-state index is 0.727.